The van der Waals surface area contributed by atoms with Gasteiger partial charge in [0.2, 0.25) is 0 Å². The standard InChI is InChI=1S/C18H24N6O5/c1-2-23-11-14(16(22-23)18(28)19-9-13-4-3-7-29-13)21-17(27)12-8-20-24(10-12)6-5-15(25)26/h8,10-11,13H,2-7,9H2,1H3,(H,19,28)(H,21,27)(H,25,26). The molecule has 1 aliphatic heterocycles. The topological polar surface area (TPSA) is 140 Å². The zero-order valence-corrected chi connectivity index (χ0v) is 16.1. The Bertz CT molecular complexity index is 883. The Morgan fingerprint density at radius 2 is 2.10 bits per heavy atom. The minimum Gasteiger partial charge on any atom is -0.481 e. The van der Waals surface area contributed by atoms with Gasteiger partial charge in [0.1, 0.15) is 0 Å². The molecule has 0 aromatic carbocycles. The van der Waals surface area contributed by atoms with Crippen LogP contribution in [-0.4, -0.2) is 61.7 Å². The van der Waals surface area contributed by atoms with E-state index < -0.39 is 11.9 Å². The van der Waals surface area contributed by atoms with Crippen LogP contribution in [0, 0.1) is 0 Å². The number of ether oxygens (including phenoxy) is 1. The van der Waals surface area contributed by atoms with E-state index in [-0.39, 0.29) is 36.2 Å². The first-order chi connectivity index (χ1) is 14.0. The first-order valence-electron chi connectivity index (χ1n) is 9.49. The van der Waals surface area contributed by atoms with Crippen molar-refractivity contribution < 1.29 is 24.2 Å². The molecule has 11 nitrogen and oxygen atoms in total. The number of anilines is 1. The van der Waals surface area contributed by atoms with Crippen molar-refractivity contribution in [3.63, 3.8) is 0 Å². The molecule has 11 heteroatoms. The molecule has 3 heterocycles. The quantitative estimate of drug-likeness (QED) is 0.560. The molecule has 3 N–H and O–H groups in total. The second-order valence-corrected chi connectivity index (χ2v) is 6.68. The highest BCUT2D eigenvalue weighted by atomic mass is 16.5. The average molecular weight is 404 g/mol. The van der Waals surface area contributed by atoms with Crippen LogP contribution >= 0.6 is 0 Å². The number of aromatic nitrogens is 4. The molecule has 0 saturated carbocycles. The van der Waals surface area contributed by atoms with Gasteiger partial charge >= 0.3 is 5.97 Å². The lowest BCUT2D eigenvalue weighted by Crippen LogP contribution is -2.32. The van der Waals surface area contributed by atoms with Gasteiger partial charge in [0, 0.05) is 32.1 Å². The molecule has 1 unspecified atom stereocenters. The van der Waals surface area contributed by atoms with E-state index in [1.807, 2.05) is 6.92 Å². The molecular weight excluding hydrogens is 380 g/mol. The summed E-state index contributed by atoms with van der Waals surface area (Å²) in [4.78, 5) is 35.7. The predicted octanol–water partition coefficient (Wildman–Crippen LogP) is 0.735. The molecule has 29 heavy (non-hydrogen) atoms. The van der Waals surface area contributed by atoms with E-state index in [9.17, 15) is 14.4 Å². The largest absolute Gasteiger partial charge is 0.481 e. The number of hydrogen-bond donors (Lipinski definition) is 3. The Labute approximate surface area is 167 Å². The molecule has 1 saturated heterocycles. The summed E-state index contributed by atoms with van der Waals surface area (Å²) in [5.74, 6) is -1.80. The van der Waals surface area contributed by atoms with Crippen LogP contribution in [0.2, 0.25) is 0 Å². The minimum atomic E-state index is -0.947. The van der Waals surface area contributed by atoms with Crippen LogP contribution < -0.4 is 10.6 Å². The van der Waals surface area contributed by atoms with E-state index in [4.69, 9.17) is 9.84 Å². The van der Waals surface area contributed by atoms with Crippen molar-refractivity contribution in [1.82, 2.24) is 24.9 Å². The van der Waals surface area contributed by atoms with Crippen LogP contribution in [0.1, 0.15) is 47.0 Å². The maximum atomic E-state index is 12.6. The summed E-state index contributed by atoms with van der Waals surface area (Å²) in [7, 11) is 0. The van der Waals surface area contributed by atoms with Gasteiger partial charge in [0.25, 0.3) is 11.8 Å². The summed E-state index contributed by atoms with van der Waals surface area (Å²) >= 11 is 0. The van der Waals surface area contributed by atoms with Crippen LogP contribution in [0.3, 0.4) is 0 Å². The highest BCUT2D eigenvalue weighted by Crippen LogP contribution is 2.16. The van der Waals surface area contributed by atoms with Crippen LogP contribution in [0.25, 0.3) is 0 Å². The van der Waals surface area contributed by atoms with Crippen LogP contribution in [0.5, 0.6) is 0 Å². The maximum Gasteiger partial charge on any atom is 0.305 e. The fourth-order valence-corrected chi connectivity index (χ4v) is 2.95. The van der Waals surface area contributed by atoms with E-state index in [2.05, 4.69) is 20.8 Å². The lowest BCUT2D eigenvalue weighted by atomic mass is 10.2. The number of nitrogens with one attached hydrogen (secondary N) is 2. The van der Waals surface area contributed by atoms with Crippen molar-refractivity contribution in [2.24, 2.45) is 0 Å². The van der Waals surface area contributed by atoms with Gasteiger partial charge in [-0.2, -0.15) is 10.2 Å². The van der Waals surface area contributed by atoms with E-state index in [0.717, 1.165) is 12.8 Å². The minimum absolute atomic E-state index is 0.00175. The first kappa shape index (κ1) is 20.5. The van der Waals surface area contributed by atoms with Crippen molar-refractivity contribution in [2.45, 2.75) is 45.4 Å². The fraction of sp³-hybridized carbons (Fsp3) is 0.500. The van der Waals surface area contributed by atoms with Crippen molar-refractivity contribution in [3.8, 4) is 0 Å². The lowest BCUT2D eigenvalue weighted by Gasteiger charge is -2.10. The van der Waals surface area contributed by atoms with Gasteiger partial charge in [-0.15, -0.1) is 0 Å². The number of aliphatic carboxylic acids is 1. The van der Waals surface area contributed by atoms with Gasteiger partial charge in [-0.3, -0.25) is 23.7 Å². The summed E-state index contributed by atoms with van der Waals surface area (Å²) in [6, 6.07) is 0. The lowest BCUT2D eigenvalue weighted by molar-refractivity contribution is -0.137. The van der Waals surface area contributed by atoms with Crippen molar-refractivity contribution >= 4 is 23.5 Å². The molecule has 0 bridgehead atoms. The van der Waals surface area contributed by atoms with Crippen LogP contribution in [0.4, 0.5) is 5.69 Å². The monoisotopic (exact) mass is 404 g/mol. The molecule has 0 spiro atoms. The third-order valence-electron chi connectivity index (χ3n) is 4.51. The molecule has 2 amide bonds. The van der Waals surface area contributed by atoms with Crippen molar-refractivity contribution in [2.75, 3.05) is 18.5 Å². The number of amides is 2. The van der Waals surface area contributed by atoms with Gasteiger partial charge in [0.05, 0.1) is 36.5 Å². The van der Waals surface area contributed by atoms with Gasteiger partial charge in [-0.1, -0.05) is 0 Å². The Balaban J connectivity index is 1.66. The molecule has 0 radical (unpaired) electrons. The van der Waals surface area contributed by atoms with Gasteiger partial charge in [-0.25, -0.2) is 0 Å². The summed E-state index contributed by atoms with van der Waals surface area (Å²) in [6.45, 7) is 3.66. The summed E-state index contributed by atoms with van der Waals surface area (Å²) in [5, 5.41) is 22.4. The SMILES string of the molecule is CCn1cc(NC(=O)c2cnn(CCC(=O)O)c2)c(C(=O)NCC2CCCO2)n1. The molecule has 2 aromatic rings. The van der Waals surface area contributed by atoms with E-state index >= 15 is 0 Å². The number of carboxylic acid groups (broad SMARTS) is 1. The Morgan fingerprint density at radius 1 is 1.28 bits per heavy atom. The van der Waals surface area contributed by atoms with Crippen molar-refractivity contribution in [3.05, 3.63) is 29.8 Å². The Morgan fingerprint density at radius 3 is 2.79 bits per heavy atom. The Kier molecular flexibility index (Phi) is 6.60. The zero-order chi connectivity index (χ0) is 20.8. The number of hydrogen-bond acceptors (Lipinski definition) is 6. The number of carbonyl (C=O) groups is 3. The molecular formula is C18H24N6O5. The number of rotatable bonds is 9. The zero-order valence-electron chi connectivity index (χ0n) is 16.1. The third-order valence-corrected chi connectivity index (χ3v) is 4.51. The predicted molar refractivity (Wildman–Crippen MR) is 102 cm³/mol. The summed E-state index contributed by atoms with van der Waals surface area (Å²) < 4.78 is 8.44. The molecule has 1 aliphatic rings. The fourth-order valence-electron chi connectivity index (χ4n) is 2.95. The van der Waals surface area contributed by atoms with Crippen LogP contribution in [-0.2, 0) is 22.6 Å². The number of carboxylic acids is 1. The van der Waals surface area contributed by atoms with Gasteiger partial charge < -0.3 is 20.5 Å². The third kappa shape index (κ3) is 5.41. The van der Waals surface area contributed by atoms with Gasteiger partial charge in [0.15, 0.2) is 5.69 Å². The van der Waals surface area contributed by atoms with E-state index in [0.29, 0.717) is 25.4 Å². The first-order valence-corrected chi connectivity index (χ1v) is 9.49. The highest BCUT2D eigenvalue weighted by molar-refractivity contribution is 6.08. The molecule has 1 fully saturated rings. The van der Waals surface area contributed by atoms with Crippen LogP contribution in [0.15, 0.2) is 18.6 Å². The normalized spacial score (nSPS) is 16.0. The highest BCUT2D eigenvalue weighted by Gasteiger charge is 2.22. The molecule has 0 aliphatic carbocycles. The molecule has 3 rings (SSSR count). The second kappa shape index (κ2) is 9.32. The number of aryl methyl sites for hydroxylation is 2. The summed E-state index contributed by atoms with van der Waals surface area (Å²) in [5.41, 5.74) is 0.668. The second-order valence-electron chi connectivity index (χ2n) is 6.68. The van der Waals surface area contributed by atoms with Gasteiger partial charge in [-0.05, 0) is 19.8 Å². The smallest absolute Gasteiger partial charge is 0.305 e. The van der Waals surface area contributed by atoms with Crippen molar-refractivity contribution in [1.29, 1.82) is 0 Å². The Hall–Kier alpha value is -3.21. The molecule has 156 valence electrons. The maximum absolute atomic E-state index is 12.6. The molecule has 1 atom stereocenters. The molecule has 2 aromatic heterocycles. The average Bonchev–Trinajstić information content (AvgIpc) is 3.44. The number of nitrogens with zero attached hydrogens (tertiary/aromatic N) is 4. The van der Waals surface area contributed by atoms with E-state index in [1.165, 1.54) is 17.1 Å². The summed E-state index contributed by atoms with van der Waals surface area (Å²) in [6.07, 6.45) is 6.18. The number of carbonyl (C=O) groups excluding carboxylic acids is 2. The van der Waals surface area contributed by atoms with E-state index in [1.54, 1.807) is 10.9 Å².